The van der Waals surface area contributed by atoms with Crippen LogP contribution in [0.1, 0.15) is 37.0 Å². The normalized spacial score (nSPS) is 10.5. The first-order valence-electron chi connectivity index (χ1n) is 6.99. The van der Waals surface area contributed by atoms with Gasteiger partial charge in [0.15, 0.2) is 0 Å². The average Bonchev–Trinajstić information content (AvgIpc) is 2.42. The first kappa shape index (κ1) is 16.9. The molecule has 0 aliphatic rings. The molecule has 1 rings (SSSR count). The van der Waals surface area contributed by atoms with Gasteiger partial charge < -0.3 is 14.9 Å². The van der Waals surface area contributed by atoms with Crippen LogP contribution in [0.3, 0.4) is 0 Å². The summed E-state index contributed by atoms with van der Waals surface area (Å²) in [6, 6.07) is 3.56. The zero-order chi connectivity index (χ0) is 16.0. The van der Waals surface area contributed by atoms with Gasteiger partial charge in [0.2, 0.25) is 0 Å². The second-order valence-corrected chi connectivity index (χ2v) is 5.39. The lowest BCUT2D eigenvalue weighted by molar-refractivity contribution is -0.137. The van der Waals surface area contributed by atoms with Gasteiger partial charge in [-0.2, -0.15) is 0 Å². The van der Waals surface area contributed by atoms with Gasteiger partial charge in [0.05, 0.1) is 5.56 Å². The maximum absolute atomic E-state index is 12.5. The van der Waals surface area contributed by atoms with E-state index < -0.39 is 5.97 Å². The minimum Gasteiger partial charge on any atom is -0.481 e. The van der Waals surface area contributed by atoms with E-state index in [9.17, 15) is 9.59 Å². The molecule has 6 nitrogen and oxygen atoms in total. The van der Waals surface area contributed by atoms with E-state index in [1.165, 1.54) is 0 Å². The molecule has 1 aromatic rings. The molecule has 1 N–H and O–H groups in total. The summed E-state index contributed by atoms with van der Waals surface area (Å²) in [6.07, 6.45) is 2.07. The summed E-state index contributed by atoms with van der Waals surface area (Å²) >= 11 is 0. The maximum atomic E-state index is 12.5. The highest BCUT2D eigenvalue weighted by atomic mass is 16.4. The number of nitrogens with zero attached hydrogens (tertiary/aromatic N) is 3. The highest BCUT2D eigenvalue weighted by Gasteiger charge is 2.19. The molecule has 0 atom stereocenters. The molecule has 0 radical (unpaired) electrons. The van der Waals surface area contributed by atoms with Crippen LogP contribution >= 0.6 is 0 Å². The highest BCUT2D eigenvalue weighted by molar-refractivity contribution is 5.94. The van der Waals surface area contributed by atoms with Gasteiger partial charge in [-0.15, -0.1) is 0 Å². The Hall–Kier alpha value is -2.11. The Bertz CT molecular complexity index is 483. The van der Waals surface area contributed by atoms with E-state index in [0.717, 1.165) is 5.82 Å². The summed E-state index contributed by atoms with van der Waals surface area (Å²) in [5.41, 5.74) is 0.518. The average molecular weight is 293 g/mol. The van der Waals surface area contributed by atoms with E-state index in [-0.39, 0.29) is 18.4 Å². The molecule has 0 aromatic carbocycles. The minimum absolute atomic E-state index is 0.0137. The van der Waals surface area contributed by atoms with Crippen LogP contribution < -0.4 is 4.90 Å². The fourth-order valence-electron chi connectivity index (χ4n) is 1.94. The van der Waals surface area contributed by atoms with E-state index in [2.05, 4.69) is 4.98 Å². The lowest BCUT2D eigenvalue weighted by Crippen LogP contribution is -2.38. The molecule has 0 saturated carbocycles. The van der Waals surface area contributed by atoms with Crippen molar-refractivity contribution >= 4 is 17.7 Å². The van der Waals surface area contributed by atoms with E-state index in [1.54, 1.807) is 23.2 Å². The molecule has 0 spiro atoms. The minimum atomic E-state index is -0.844. The third-order valence-electron chi connectivity index (χ3n) is 3.13. The molecule has 0 fully saturated rings. The Balaban J connectivity index is 2.78. The summed E-state index contributed by atoms with van der Waals surface area (Å²) in [5.74, 6) is -0.176. The van der Waals surface area contributed by atoms with Gasteiger partial charge in [0.1, 0.15) is 5.82 Å². The zero-order valence-corrected chi connectivity index (χ0v) is 13.0. The van der Waals surface area contributed by atoms with Crippen LogP contribution in [-0.4, -0.2) is 53.5 Å². The number of hydrogen-bond acceptors (Lipinski definition) is 4. The number of pyridine rings is 1. The van der Waals surface area contributed by atoms with Crippen LogP contribution in [0.5, 0.6) is 0 Å². The van der Waals surface area contributed by atoms with Crippen molar-refractivity contribution in [2.45, 2.75) is 32.7 Å². The summed E-state index contributed by atoms with van der Waals surface area (Å²) in [6.45, 7) is 4.26. The smallest absolute Gasteiger partial charge is 0.303 e. The summed E-state index contributed by atoms with van der Waals surface area (Å²) in [7, 11) is 3.77. The molecule has 0 unspecified atom stereocenters. The molecule has 21 heavy (non-hydrogen) atoms. The van der Waals surface area contributed by atoms with E-state index in [0.29, 0.717) is 18.5 Å². The zero-order valence-electron chi connectivity index (χ0n) is 13.0. The van der Waals surface area contributed by atoms with Gasteiger partial charge in [-0.25, -0.2) is 4.98 Å². The van der Waals surface area contributed by atoms with Crippen LogP contribution in [0.15, 0.2) is 18.3 Å². The Morgan fingerprint density at radius 3 is 2.38 bits per heavy atom. The van der Waals surface area contributed by atoms with Crippen molar-refractivity contribution in [3.8, 4) is 0 Å². The monoisotopic (exact) mass is 293 g/mol. The van der Waals surface area contributed by atoms with Crippen molar-refractivity contribution in [2.75, 3.05) is 25.5 Å². The third kappa shape index (κ3) is 5.06. The lowest BCUT2D eigenvalue weighted by atomic mass is 10.2. The molecular formula is C15H23N3O3. The molecule has 1 heterocycles. The second-order valence-electron chi connectivity index (χ2n) is 5.39. The van der Waals surface area contributed by atoms with Gasteiger partial charge in [-0.3, -0.25) is 9.59 Å². The topological polar surface area (TPSA) is 73.7 Å². The Morgan fingerprint density at radius 1 is 1.29 bits per heavy atom. The molecule has 0 aliphatic heterocycles. The van der Waals surface area contributed by atoms with Crippen molar-refractivity contribution in [1.82, 2.24) is 9.88 Å². The lowest BCUT2D eigenvalue weighted by Gasteiger charge is -2.26. The Kier molecular flexibility index (Phi) is 6.14. The van der Waals surface area contributed by atoms with Crippen LogP contribution in [0, 0.1) is 0 Å². The van der Waals surface area contributed by atoms with Gasteiger partial charge >= 0.3 is 5.97 Å². The number of hydrogen-bond donors (Lipinski definition) is 1. The van der Waals surface area contributed by atoms with Crippen molar-refractivity contribution in [2.24, 2.45) is 0 Å². The maximum Gasteiger partial charge on any atom is 0.303 e. The largest absolute Gasteiger partial charge is 0.481 e. The number of aliphatic carboxylic acids is 1. The Morgan fingerprint density at radius 2 is 1.95 bits per heavy atom. The number of aromatic nitrogens is 1. The first-order chi connectivity index (χ1) is 9.82. The summed E-state index contributed by atoms with van der Waals surface area (Å²) in [5, 5.41) is 8.69. The molecule has 6 heteroatoms. The molecule has 1 amide bonds. The first-order valence-corrected chi connectivity index (χ1v) is 6.99. The molecule has 0 saturated heterocycles. The number of carboxylic acid groups (broad SMARTS) is 1. The highest BCUT2D eigenvalue weighted by Crippen LogP contribution is 2.12. The van der Waals surface area contributed by atoms with Crippen molar-refractivity contribution in [3.05, 3.63) is 23.9 Å². The predicted octanol–water partition coefficient (Wildman–Crippen LogP) is 1.86. The Labute approximate surface area is 125 Å². The van der Waals surface area contributed by atoms with Crippen LogP contribution in [-0.2, 0) is 4.79 Å². The SMILES string of the molecule is CC(C)N(CCCC(=O)O)C(=O)c1ccc(N(C)C)nc1. The summed E-state index contributed by atoms with van der Waals surface area (Å²) < 4.78 is 0. The third-order valence-corrected chi connectivity index (χ3v) is 3.13. The van der Waals surface area contributed by atoms with Gasteiger partial charge in [0, 0.05) is 39.3 Å². The number of carboxylic acids is 1. The molecular weight excluding hydrogens is 270 g/mol. The number of carbonyl (C=O) groups excluding carboxylic acids is 1. The van der Waals surface area contributed by atoms with Crippen LogP contribution in [0.2, 0.25) is 0 Å². The molecule has 0 bridgehead atoms. The fourth-order valence-corrected chi connectivity index (χ4v) is 1.94. The van der Waals surface area contributed by atoms with Crippen LogP contribution in [0.25, 0.3) is 0 Å². The predicted molar refractivity (Wildman–Crippen MR) is 81.6 cm³/mol. The summed E-state index contributed by atoms with van der Waals surface area (Å²) in [4.78, 5) is 30.8. The van der Waals surface area contributed by atoms with Crippen LogP contribution in [0.4, 0.5) is 5.82 Å². The fraction of sp³-hybridized carbons (Fsp3) is 0.533. The van der Waals surface area contributed by atoms with Gasteiger partial charge in [-0.05, 0) is 32.4 Å². The molecule has 0 aliphatic carbocycles. The van der Waals surface area contributed by atoms with Gasteiger partial charge in [-0.1, -0.05) is 0 Å². The molecule has 1 aromatic heterocycles. The number of rotatable bonds is 7. The van der Waals surface area contributed by atoms with Crippen molar-refractivity contribution in [3.63, 3.8) is 0 Å². The van der Waals surface area contributed by atoms with Crippen molar-refractivity contribution in [1.29, 1.82) is 0 Å². The standard InChI is InChI=1S/C15H23N3O3/c1-11(2)18(9-5-6-14(19)20)15(21)12-7-8-13(16-10-12)17(3)4/h7-8,10-11H,5-6,9H2,1-4H3,(H,19,20). The molecule has 116 valence electrons. The van der Waals surface area contributed by atoms with E-state index >= 15 is 0 Å². The second kappa shape index (κ2) is 7.61. The number of amides is 1. The quantitative estimate of drug-likeness (QED) is 0.830. The van der Waals surface area contributed by atoms with E-state index in [1.807, 2.05) is 32.8 Å². The van der Waals surface area contributed by atoms with Crippen molar-refractivity contribution < 1.29 is 14.7 Å². The van der Waals surface area contributed by atoms with E-state index in [4.69, 9.17) is 5.11 Å². The van der Waals surface area contributed by atoms with Gasteiger partial charge in [0.25, 0.3) is 5.91 Å². The number of carbonyl (C=O) groups is 2. The number of anilines is 1.